The number of carbonyl (C=O) groups excluding carboxylic acids is 1. The van der Waals surface area contributed by atoms with E-state index in [9.17, 15) is 9.90 Å². The lowest BCUT2D eigenvalue weighted by molar-refractivity contribution is 0.0942. The van der Waals surface area contributed by atoms with E-state index >= 15 is 0 Å². The second-order valence-electron chi connectivity index (χ2n) is 4.94. The molecule has 3 N–H and O–H groups in total. The number of piperidine rings is 1. The fourth-order valence-electron chi connectivity index (χ4n) is 2.26. The molecule has 1 amide bonds. The minimum absolute atomic E-state index is 0.0415. The van der Waals surface area contributed by atoms with Gasteiger partial charge < -0.3 is 15.7 Å². The summed E-state index contributed by atoms with van der Waals surface area (Å²) < 4.78 is 0. The van der Waals surface area contributed by atoms with Crippen molar-refractivity contribution in [1.29, 1.82) is 0 Å². The molecule has 0 bridgehead atoms. The van der Waals surface area contributed by atoms with Crippen LogP contribution in [0.15, 0.2) is 18.2 Å². The van der Waals surface area contributed by atoms with Gasteiger partial charge in [-0.2, -0.15) is 0 Å². The molecule has 2 rings (SSSR count). The summed E-state index contributed by atoms with van der Waals surface area (Å²) in [6.07, 6.45) is 2.31. The predicted octanol–water partition coefficient (Wildman–Crippen LogP) is 1.43. The van der Waals surface area contributed by atoms with Crippen LogP contribution in [0.25, 0.3) is 0 Å². The molecule has 18 heavy (non-hydrogen) atoms. The predicted molar refractivity (Wildman–Crippen MR) is 70.8 cm³/mol. The topological polar surface area (TPSA) is 61.4 Å². The second kappa shape index (κ2) is 5.87. The molecule has 0 spiro atoms. The van der Waals surface area contributed by atoms with Gasteiger partial charge in [0.05, 0.1) is 5.56 Å². The number of aromatic hydroxyl groups is 1. The van der Waals surface area contributed by atoms with Crippen molar-refractivity contribution in [1.82, 2.24) is 10.6 Å². The molecule has 0 saturated carbocycles. The van der Waals surface area contributed by atoms with E-state index < -0.39 is 0 Å². The molecular weight excluding hydrogens is 228 g/mol. The minimum atomic E-state index is -0.193. The van der Waals surface area contributed by atoms with Gasteiger partial charge in [-0.05, 0) is 50.9 Å². The van der Waals surface area contributed by atoms with Gasteiger partial charge in [-0.25, -0.2) is 0 Å². The smallest absolute Gasteiger partial charge is 0.255 e. The van der Waals surface area contributed by atoms with Crippen molar-refractivity contribution in [3.8, 4) is 5.75 Å². The monoisotopic (exact) mass is 248 g/mol. The zero-order chi connectivity index (χ0) is 13.0. The molecular formula is C14H20N2O2. The van der Waals surface area contributed by atoms with E-state index in [4.69, 9.17) is 0 Å². The van der Waals surface area contributed by atoms with E-state index in [1.807, 2.05) is 6.92 Å². The van der Waals surface area contributed by atoms with Crippen LogP contribution in [0.1, 0.15) is 28.8 Å². The SMILES string of the molecule is Cc1ccc(O)c(C(=O)NCC2CCCNC2)c1. The Bertz CT molecular complexity index is 426. The first-order chi connectivity index (χ1) is 8.66. The highest BCUT2D eigenvalue weighted by Crippen LogP contribution is 2.18. The third kappa shape index (κ3) is 3.23. The Morgan fingerprint density at radius 1 is 1.56 bits per heavy atom. The number of amides is 1. The Balaban J connectivity index is 1.92. The third-order valence-corrected chi connectivity index (χ3v) is 3.35. The highest BCUT2D eigenvalue weighted by molar-refractivity contribution is 5.96. The van der Waals surface area contributed by atoms with Crippen LogP contribution in [0.3, 0.4) is 0 Å². The molecule has 4 nitrogen and oxygen atoms in total. The number of carbonyl (C=O) groups is 1. The quantitative estimate of drug-likeness (QED) is 0.758. The molecule has 0 radical (unpaired) electrons. The van der Waals surface area contributed by atoms with Crippen LogP contribution in [-0.2, 0) is 0 Å². The van der Waals surface area contributed by atoms with Crippen LogP contribution < -0.4 is 10.6 Å². The summed E-state index contributed by atoms with van der Waals surface area (Å²) >= 11 is 0. The van der Waals surface area contributed by atoms with Crippen molar-refractivity contribution in [2.45, 2.75) is 19.8 Å². The summed E-state index contributed by atoms with van der Waals surface area (Å²) in [4.78, 5) is 12.0. The zero-order valence-electron chi connectivity index (χ0n) is 10.7. The van der Waals surface area contributed by atoms with Gasteiger partial charge >= 0.3 is 0 Å². The average molecular weight is 248 g/mol. The molecule has 0 aliphatic carbocycles. The van der Waals surface area contributed by atoms with Gasteiger partial charge in [-0.3, -0.25) is 4.79 Å². The van der Waals surface area contributed by atoms with E-state index in [1.54, 1.807) is 18.2 Å². The van der Waals surface area contributed by atoms with Crippen LogP contribution >= 0.6 is 0 Å². The molecule has 4 heteroatoms. The maximum absolute atomic E-state index is 12.0. The third-order valence-electron chi connectivity index (χ3n) is 3.35. The van der Waals surface area contributed by atoms with E-state index in [2.05, 4.69) is 10.6 Å². The lowest BCUT2D eigenvalue weighted by atomic mass is 9.99. The Kier molecular flexibility index (Phi) is 4.20. The van der Waals surface area contributed by atoms with Crippen LogP contribution in [-0.4, -0.2) is 30.6 Å². The Morgan fingerprint density at radius 2 is 2.39 bits per heavy atom. The molecule has 1 heterocycles. The number of rotatable bonds is 3. The van der Waals surface area contributed by atoms with E-state index in [-0.39, 0.29) is 11.7 Å². The highest BCUT2D eigenvalue weighted by atomic mass is 16.3. The summed E-state index contributed by atoms with van der Waals surface area (Å²) in [5.41, 5.74) is 1.33. The summed E-state index contributed by atoms with van der Waals surface area (Å²) in [7, 11) is 0. The van der Waals surface area contributed by atoms with E-state index in [0.717, 1.165) is 31.5 Å². The van der Waals surface area contributed by atoms with Crippen molar-refractivity contribution in [2.24, 2.45) is 5.92 Å². The van der Waals surface area contributed by atoms with Crippen molar-refractivity contribution < 1.29 is 9.90 Å². The number of hydrogen-bond acceptors (Lipinski definition) is 3. The molecule has 1 aromatic carbocycles. The number of benzene rings is 1. The maximum atomic E-state index is 12.0. The summed E-state index contributed by atoms with van der Waals surface area (Å²) in [5, 5.41) is 15.9. The van der Waals surface area contributed by atoms with Crippen molar-refractivity contribution in [3.63, 3.8) is 0 Å². The van der Waals surface area contributed by atoms with E-state index in [1.165, 1.54) is 0 Å². The Hall–Kier alpha value is -1.55. The molecule has 1 aliphatic rings. The average Bonchev–Trinajstić information content (AvgIpc) is 2.40. The van der Waals surface area contributed by atoms with Crippen LogP contribution in [0.4, 0.5) is 0 Å². The molecule has 98 valence electrons. The van der Waals surface area contributed by atoms with Crippen molar-refractivity contribution in [2.75, 3.05) is 19.6 Å². The van der Waals surface area contributed by atoms with Gasteiger partial charge in [0.2, 0.25) is 0 Å². The van der Waals surface area contributed by atoms with Crippen LogP contribution in [0, 0.1) is 12.8 Å². The van der Waals surface area contributed by atoms with Crippen molar-refractivity contribution >= 4 is 5.91 Å². The highest BCUT2D eigenvalue weighted by Gasteiger charge is 2.16. The summed E-state index contributed by atoms with van der Waals surface area (Å²) in [6.45, 7) is 4.60. The molecule has 1 aromatic rings. The fraction of sp³-hybridized carbons (Fsp3) is 0.500. The number of hydrogen-bond donors (Lipinski definition) is 3. The first-order valence-electron chi connectivity index (χ1n) is 6.45. The number of nitrogens with one attached hydrogen (secondary N) is 2. The minimum Gasteiger partial charge on any atom is -0.507 e. The normalized spacial score (nSPS) is 19.5. The standard InChI is InChI=1S/C14H20N2O2/c1-10-4-5-13(17)12(7-10)14(18)16-9-11-3-2-6-15-8-11/h4-5,7,11,15,17H,2-3,6,8-9H2,1H3,(H,16,18). The van der Waals surface area contributed by atoms with Crippen LogP contribution in [0.2, 0.25) is 0 Å². The van der Waals surface area contributed by atoms with Gasteiger partial charge in [-0.1, -0.05) is 11.6 Å². The maximum Gasteiger partial charge on any atom is 0.255 e. The van der Waals surface area contributed by atoms with Gasteiger partial charge in [0.1, 0.15) is 5.75 Å². The molecule has 1 fully saturated rings. The van der Waals surface area contributed by atoms with Crippen molar-refractivity contribution in [3.05, 3.63) is 29.3 Å². The van der Waals surface area contributed by atoms with Gasteiger partial charge in [0.15, 0.2) is 0 Å². The molecule has 1 atom stereocenters. The van der Waals surface area contributed by atoms with Crippen LogP contribution in [0.5, 0.6) is 5.75 Å². The van der Waals surface area contributed by atoms with Gasteiger partial charge in [-0.15, -0.1) is 0 Å². The lowest BCUT2D eigenvalue weighted by Gasteiger charge is -2.22. The first kappa shape index (κ1) is 12.9. The molecule has 1 unspecified atom stereocenters. The Labute approximate surface area is 107 Å². The first-order valence-corrected chi connectivity index (χ1v) is 6.45. The lowest BCUT2D eigenvalue weighted by Crippen LogP contribution is -2.38. The number of phenolic OH excluding ortho intramolecular Hbond substituents is 1. The van der Waals surface area contributed by atoms with Gasteiger partial charge in [0, 0.05) is 6.54 Å². The second-order valence-corrected chi connectivity index (χ2v) is 4.94. The zero-order valence-corrected chi connectivity index (χ0v) is 10.7. The summed E-state index contributed by atoms with van der Waals surface area (Å²) in [6, 6.07) is 5.06. The van der Waals surface area contributed by atoms with E-state index in [0.29, 0.717) is 18.0 Å². The fourth-order valence-corrected chi connectivity index (χ4v) is 2.26. The molecule has 1 aliphatic heterocycles. The molecule has 0 aromatic heterocycles. The number of aryl methyl sites for hydroxylation is 1. The number of phenols is 1. The molecule has 1 saturated heterocycles. The Morgan fingerprint density at radius 3 is 3.11 bits per heavy atom. The summed E-state index contributed by atoms with van der Waals surface area (Å²) in [5.74, 6) is 0.344. The largest absolute Gasteiger partial charge is 0.507 e. The van der Waals surface area contributed by atoms with Gasteiger partial charge in [0.25, 0.3) is 5.91 Å².